The third-order valence-corrected chi connectivity index (χ3v) is 5.89. The van der Waals surface area contributed by atoms with Crippen LogP contribution in [0.5, 0.6) is 0 Å². The molecule has 0 heterocycles. The maximum Gasteiger partial charge on any atom is 0.310 e. The second-order valence-electron chi connectivity index (χ2n) is 6.61. The van der Waals surface area contributed by atoms with Gasteiger partial charge in [-0.15, -0.1) is 0 Å². The van der Waals surface area contributed by atoms with Crippen molar-refractivity contribution in [2.75, 3.05) is 7.11 Å². The zero-order valence-electron chi connectivity index (χ0n) is 12.3. The lowest BCUT2D eigenvalue weighted by molar-refractivity contribution is -0.143. The van der Waals surface area contributed by atoms with Gasteiger partial charge in [0.25, 0.3) is 0 Å². The Balaban J connectivity index is 1.71. The molecular formula is C19H20O2. The van der Waals surface area contributed by atoms with Crippen LogP contribution >= 0.6 is 0 Å². The Morgan fingerprint density at radius 1 is 1.19 bits per heavy atom. The van der Waals surface area contributed by atoms with E-state index in [-0.39, 0.29) is 22.7 Å². The van der Waals surface area contributed by atoms with Gasteiger partial charge in [-0.25, -0.2) is 0 Å². The van der Waals surface area contributed by atoms with Crippen LogP contribution in [0.1, 0.15) is 30.7 Å². The summed E-state index contributed by atoms with van der Waals surface area (Å²) in [5.74, 6) is 0.424. The molecule has 0 aliphatic heterocycles. The molecule has 21 heavy (non-hydrogen) atoms. The molecule has 0 amide bonds. The van der Waals surface area contributed by atoms with Gasteiger partial charge in [-0.2, -0.15) is 0 Å². The van der Waals surface area contributed by atoms with Gasteiger partial charge < -0.3 is 4.74 Å². The molecule has 0 radical (unpaired) electrons. The average molecular weight is 280 g/mol. The summed E-state index contributed by atoms with van der Waals surface area (Å²) in [4.78, 5) is 12.3. The molecule has 2 heteroatoms. The zero-order chi connectivity index (χ0) is 14.5. The van der Waals surface area contributed by atoms with Crippen molar-refractivity contribution >= 4 is 5.97 Å². The quantitative estimate of drug-likeness (QED) is 0.607. The summed E-state index contributed by atoms with van der Waals surface area (Å²) in [6.45, 7) is 0. The number of carbonyl (C=O) groups excluding carboxylic acids is 1. The number of rotatable bonds is 2. The highest BCUT2D eigenvalue weighted by atomic mass is 16.5. The Morgan fingerprint density at radius 3 is 2.71 bits per heavy atom. The average Bonchev–Trinajstić information content (AvgIpc) is 3.18. The van der Waals surface area contributed by atoms with Crippen LogP contribution in [0.2, 0.25) is 0 Å². The smallest absolute Gasteiger partial charge is 0.310 e. The molecule has 3 aliphatic rings. The zero-order valence-corrected chi connectivity index (χ0v) is 12.3. The van der Waals surface area contributed by atoms with E-state index in [2.05, 4.69) is 54.6 Å². The van der Waals surface area contributed by atoms with Crippen LogP contribution in [0, 0.1) is 16.7 Å². The van der Waals surface area contributed by atoms with Gasteiger partial charge in [0.2, 0.25) is 0 Å². The Bertz CT molecular complexity index is 630. The van der Waals surface area contributed by atoms with Crippen LogP contribution in [-0.4, -0.2) is 13.1 Å². The van der Waals surface area contributed by atoms with Crippen molar-refractivity contribution in [2.24, 2.45) is 16.7 Å². The maximum atomic E-state index is 12.3. The molecule has 108 valence electrons. The lowest BCUT2D eigenvalue weighted by Gasteiger charge is -2.32. The van der Waals surface area contributed by atoms with Crippen LogP contribution in [0.15, 0.2) is 54.6 Å². The van der Waals surface area contributed by atoms with Crippen LogP contribution in [0.3, 0.4) is 0 Å². The van der Waals surface area contributed by atoms with Gasteiger partial charge in [0.15, 0.2) is 0 Å². The van der Waals surface area contributed by atoms with Crippen molar-refractivity contribution in [3.63, 3.8) is 0 Å². The molecule has 2 nitrogen and oxygen atoms in total. The number of carbonyl (C=O) groups is 1. The van der Waals surface area contributed by atoms with Crippen LogP contribution in [-0.2, 0) is 9.53 Å². The summed E-state index contributed by atoms with van der Waals surface area (Å²) in [6.07, 6.45) is 12.1. The van der Waals surface area contributed by atoms with E-state index >= 15 is 0 Å². The molecule has 0 spiro atoms. The van der Waals surface area contributed by atoms with E-state index in [0.29, 0.717) is 5.92 Å². The van der Waals surface area contributed by atoms with Crippen LogP contribution < -0.4 is 0 Å². The summed E-state index contributed by atoms with van der Waals surface area (Å²) in [7, 11) is 1.51. The Morgan fingerprint density at radius 2 is 1.95 bits per heavy atom. The largest absolute Gasteiger partial charge is 0.469 e. The van der Waals surface area contributed by atoms with Gasteiger partial charge in [0, 0.05) is 11.3 Å². The molecule has 4 atom stereocenters. The number of allylic oxidation sites excluding steroid dienone is 4. The third-order valence-electron chi connectivity index (χ3n) is 5.89. The first-order valence-corrected chi connectivity index (χ1v) is 7.71. The molecule has 0 saturated heterocycles. The minimum Gasteiger partial charge on any atom is -0.469 e. The fourth-order valence-corrected chi connectivity index (χ4v) is 4.85. The van der Waals surface area contributed by atoms with Crippen molar-refractivity contribution in [1.82, 2.24) is 0 Å². The second-order valence-corrected chi connectivity index (χ2v) is 6.61. The minimum absolute atomic E-state index is 0.0279. The van der Waals surface area contributed by atoms with E-state index in [0.717, 1.165) is 19.3 Å². The lowest BCUT2D eigenvalue weighted by Crippen LogP contribution is -2.21. The summed E-state index contributed by atoms with van der Waals surface area (Å²) >= 11 is 0. The lowest BCUT2D eigenvalue weighted by atomic mass is 9.72. The SMILES string of the molecule is COC(=O)C1[C@]23CC=CC[C@]12C=C[C@@H](c1ccccc1)C3. The number of esters is 1. The van der Waals surface area contributed by atoms with E-state index in [4.69, 9.17) is 4.74 Å². The van der Waals surface area contributed by atoms with Gasteiger partial charge in [-0.05, 0) is 30.2 Å². The standard InChI is InChI=1S/C19H20O2/c1-21-17(20)16-18-10-5-6-11-19(16,18)13-15(9-12-18)14-7-3-2-4-8-14/h2-9,12,15-16H,10-11,13H2,1H3/t15-,16?,18+,19-/m1/s1. The van der Waals surface area contributed by atoms with Crippen LogP contribution in [0.25, 0.3) is 0 Å². The number of benzene rings is 1. The number of ether oxygens (including phenoxy) is 1. The first kappa shape index (κ1) is 12.9. The summed E-state index contributed by atoms with van der Waals surface area (Å²) in [6, 6.07) is 10.6. The monoisotopic (exact) mass is 280 g/mol. The molecule has 4 rings (SSSR count). The Kier molecular flexibility index (Phi) is 2.66. The molecule has 1 saturated carbocycles. The number of hydrogen-bond acceptors (Lipinski definition) is 2. The number of hydrogen-bond donors (Lipinski definition) is 0. The second kappa shape index (κ2) is 4.33. The van der Waals surface area contributed by atoms with Crippen molar-refractivity contribution in [1.29, 1.82) is 0 Å². The topological polar surface area (TPSA) is 26.3 Å². The third kappa shape index (κ3) is 1.56. The van der Waals surface area contributed by atoms with E-state index in [1.165, 1.54) is 12.7 Å². The Labute approximate surface area is 125 Å². The summed E-state index contributed by atoms with van der Waals surface area (Å²) in [5.41, 5.74) is 1.46. The summed E-state index contributed by atoms with van der Waals surface area (Å²) in [5, 5.41) is 0. The normalized spacial score (nSPS) is 39.3. The fourth-order valence-electron chi connectivity index (χ4n) is 4.85. The fraction of sp³-hybridized carbons (Fsp3) is 0.421. The molecule has 0 aromatic heterocycles. The maximum absolute atomic E-state index is 12.3. The first-order chi connectivity index (χ1) is 10.2. The molecular weight excluding hydrogens is 260 g/mol. The van der Waals surface area contributed by atoms with E-state index in [9.17, 15) is 4.79 Å². The van der Waals surface area contributed by atoms with E-state index in [1.54, 1.807) is 0 Å². The molecule has 0 N–H and O–H groups in total. The molecule has 1 aromatic rings. The molecule has 0 bridgehead atoms. The highest BCUT2D eigenvalue weighted by molar-refractivity contribution is 5.81. The van der Waals surface area contributed by atoms with Crippen LogP contribution in [0.4, 0.5) is 0 Å². The Hall–Kier alpha value is -1.83. The minimum atomic E-state index is -0.0305. The highest BCUT2D eigenvalue weighted by Gasteiger charge is 2.78. The molecule has 3 aliphatic carbocycles. The predicted molar refractivity (Wildman–Crippen MR) is 81.7 cm³/mol. The van der Waals surface area contributed by atoms with E-state index < -0.39 is 0 Å². The van der Waals surface area contributed by atoms with Crippen molar-refractivity contribution in [3.8, 4) is 0 Å². The van der Waals surface area contributed by atoms with Gasteiger partial charge in [0.1, 0.15) is 0 Å². The van der Waals surface area contributed by atoms with Gasteiger partial charge in [-0.3, -0.25) is 4.79 Å². The summed E-state index contributed by atoms with van der Waals surface area (Å²) < 4.78 is 5.09. The van der Waals surface area contributed by atoms with Crippen molar-refractivity contribution < 1.29 is 9.53 Å². The molecule has 1 fully saturated rings. The molecule has 1 unspecified atom stereocenters. The van der Waals surface area contributed by atoms with Gasteiger partial charge in [-0.1, -0.05) is 54.6 Å². The number of methoxy groups -OCH3 is 1. The van der Waals surface area contributed by atoms with E-state index in [1.807, 2.05) is 0 Å². The molecule has 1 aromatic carbocycles. The van der Waals surface area contributed by atoms with Crippen molar-refractivity contribution in [3.05, 3.63) is 60.2 Å². The van der Waals surface area contributed by atoms with Gasteiger partial charge in [0.05, 0.1) is 13.0 Å². The van der Waals surface area contributed by atoms with Gasteiger partial charge >= 0.3 is 5.97 Å². The predicted octanol–water partition coefficient (Wildman–Crippen LogP) is 3.86. The first-order valence-electron chi connectivity index (χ1n) is 7.71. The highest BCUT2D eigenvalue weighted by Crippen LogP contribution is 2.80. The van der Waals surface area contributed by atoms with Crippen molar-refractivity contribution in [2.45, 2.75) is 25.2 Å².